The largest absolute Gasteiger partial charge is 0.493 e. The number of rotatable bonds is 1. The predicted octanol–water partition coefficient (Wildman–Crippen LogP) is 3.41. The first kappa shape index (κ1) is 11.1. The predicted molar refractivity (Wildman–Crippen MR) is 73.8 cm³/mol. The Morgan fingerprint density at radius 3 is 2.45 bits per heavy atom. The van der Waals surface area contributed by atoms with Crippen LogP contribution >= 0.6 is 0 Å². The monoisotopic (exact) mass is 265 g/mol. The van der Waals surface area contributed by atoms with Gasteiger partial charge in [0.05, 0.1) is 5.52 Å². The first-order valence-corrected chi connectivity index (χ1v) is 6.32. The van der Waals surface area contributed by atoms with Crippen LogP contribution in [0.2, 0.25) is 0 Å². The van der Waals surface area contributed by atoms with Gasteiger partial charge >= 0.3 is 0 Å². The van der Waals surface area contributed by atoms with E-state index in [0.29, 0.717) is 17.0 Å². The summed E-state index contributed by atoms with van der Waals surface area (Å²) in [7, 11) is 0. The van der Waals surface area contributed by atoms with Gasteiger partial charge < -0.3 is 14.6 Å². The van der Waals surface area contributed by atoms with Crippen molar-refractivity contribution in [3.8, 4) is 17.4 Å². The van der Waals surface area contributed by atoms with Crippen LogP contribution in [0.4, 0.5) is 0 Å². The van der Waals surface area contributed by atoms with Gasteiger partial charge in [-0.1, -0.05) is 30.3 Å². The van der Waals surface area contributed by atoms with Gasteiger partial charge in [0.1, 0.15) is 0 Å². The Labute approximate surface area is 115 Å². The minimum absolute atomic E-state index is 0.00373. The van der Waals surface area contributed by atoms with Gasteiger partial charge in [-0.3, -0.25) is 0 Å². The summed E-state index contributed by atoms with van der Waals surface area (Å²) in [6.45, 7) is 0. The second-order valence-electron chi connectivity index (χ2n) is 4.64. The molecule has 0 saturated heterocycles. The summed E-state index contributed by atoms with van der Waals surface area (Å²) in [5.74, 6) is 1.33. The van der Waals surface area contributed by atoms with E-state index in [9.17, 15) is 5.11 Å². The number of benzene rings is 2. The molecule has 1 aromatic heterocycles. The second-order valence-corrected chi connectivity index (χ2v) is 4.64. The lowest BCUT2D eigenvalue weighted by Gasteiger charge is -2.09. The van der Waals surface area contributed by atoms with E-state index in [-0.39, 0.29) is 5.88 Å². The number of hydrogen-bond acceptors (Lipinski definition) is 4. The van der Waals surface area contributed by atoms with Crippen molar-refractivity contribution in [2.24, 2.45) is 0 Å². The fourth-order valence-corrected chi connectivity index (χ4v) is 2.31. The van der Waals surface area contributed by atoms with Crippen molar-refractivity contribution in [1.29, 1.82) is 0 Å². The molecular formula is C16H11NO3. The fourth-order valence-electron chi connectivity index (χ4n) is 2.31. The number of hydrogen-bond donors (Lipinski definition) is 1. The molecule has 0 spiro atoms. The number of pyridine rings is 1. The van der Waals surface area contributed by atoms with Crippen LogP contribution in [0, 0.1) is 0 Å². The first-order chi connectivity index (χ1) is 9.79. The van der Waals surface area contributed by atoms with Gasteiger partial charge in [-0.25, -0.2) is 4.98 Å². The van der Waals surface area contributed by atoms with E-state index in [4.69, 9.17) is 9.47 Å². The molecule has 0 bridgehead atoms. The Bertz CT molecular complexity index is 786. The Morgan fingerprint density at radius 2 is 1.65 bits per heavy atom. The average molecular weight is 265 g/mol. The summed E-state index contributed by atoms with van der Waals surface area (Å²) in [6.07, 6.45) is -0.434. The molecule has 1 aliphatic heterocycles. The maximum atomic E-state index is 9.43. The van der Waals surface area contributed by atoms with Crippen molar-refractivity contribution < 1.29 is 14.6 Å². The minimum Gasteiger partial charge on any atom is -0.493 e. The Hall–Kier alpha value is -2.75. The van der Waals surface area contributed by atoms with Gasteiger partial charge in [0.15, 0.2) is 11.5 Å². The third-order valence-corrected chi connectivity index (χ3v) is 3.28. The zero-order valence-corrected chi connectivity index (χ0v) is 10.5. The van der Waals surface area contributed by atoms with E-state index in [1.165, 1.54) is 0 Å². The van der Waals surface area contributed by atoms with E-state index in [1.54, 1.807) is 18.2 Å². The third-order valence-electron chi connectivity index (χ3n) is 3.28. The van der Waals surface area contributed by atoms with Crippen molar-refractivity contribution in [3.63, 3.8) is 0 Å². The van der Waals surface area contributed by atoms with Crippen LogP contribution < -0.4 is 9.47 Å². The van der Waals surface area contributed by atoms with Gasteiger partial charge in [0.25, 0.3) is 6.29 Å². The summed E-state index contributed by atoms with van der Waals surface area (Å²) in [4.78, 5) is 4.07. The molecular weight excluding hydrogens is 254 g/mol. The topological polar surface area (TPSA) is 51.6 Å². The van der Waals surface area contributed by atoms with Crippen LogP contribution in [0.15, 0.2) is 54.6 Å². The Balaban J connectivity index is 1.76. The highest BCUT2D eigenvalue weighted by molar-refractivity contribution is 5.83. The molecule has 20 heavy (non-hydrogen) atoms. The summed E-state index contributed by atoms with van der Waals surface area (Å²) >= 11 is 0. The van der Waals surface area contributed by atoms with Crippen LogP contribution in [0.3, 0.4) is 0 Å². The lowest BCUT2D eigenvalue weighted by Crippen LogP contribution is -2.07. The molecule has 3 aromatic rings. The minimum atomic E-state index is -0.434. The van der Waals surface area contributed by atoms with E-state index in [2.05, 4.69) is 4.98 Å². The third kappa shape index (κ3) is 1.73. The van der Waals surface area contributed by atoms with Crippen molar-refractivity contribution in [2.75, 3.05) is 0 Å². The normalized spacial score (nSPS) is 16.5. The molecule has 4 rings (SSSR count). The quantitative estimate of drug-likeness (QED) is 0.732. The highest BCUT2D eigenvalue weighted by atomic mass is 16.7. The molecule has 0 fully saturated rings. The van der Waals surface area contributed by atoms with Crippen LogP contribution in [-0.2, 0) is 0 Å². The van der Waals surface area contributed by atoms with Gasteiger partial charge in [-0.05, 0) is 12.1 Å². The second kappa shape index (κ2) is 4.13. The smallest absolute Gasteiger partial charge is 0.267 e. The lowest BCUT2D eigenvalue weighted by atomic mass is 10.2. The van der Waals surface area contributed by atoms with Crippen molar-refractivity contribution in [1.82, 2.24) is 4.98 Å². The summed E-state index contributed by atoms with van der Waals surface area (Å²) < 4.78 is 11.6. The molecule has 0 radical (unpaired) electrons. The van der Waals surface area contributed by atoms with Gasteiger partial charge in [-0.2, -0.15) is 0 Å². The van der Waals surface area contributed by atoms with Crippen LogP contribution in [0.25, 0.3) is 10.9 Å². The summed E-state index contributed by atoms with van der Waals surface area (Å²) in [6, 6.07) is 16.8. The van der Waals surface area contributed by atoms with Gasteiger partial charge in [-0.15, -0.1) is 0 Å². The van der Waals surface area contributed by atoms with E-state index < -0.39 is 6.29 Å². The highest BCUT2D eigenvalue weighted by Gasteiger charge is 2.26. The standard InChI is InChI=1S/C16H11NO3/c18-15-7-6-11-8-13-14(9-12(11)17-15)20-16(19-13)10-4-2-1-3-5-10/h1-9,16H,(H,17,18). The molecule has 0 amide bonds. The molecule has 4 nitrogen and oxygen atoms in total. The fraction of sp³-hybridized carbons (Fsp3) is 0.0625. The molecule has 2 heterocycles. The molecule has 1 N–H and O–H groups in total. The number of ether oxygens (including phenoxy) is 2. The molecule has 4 heteroatoms. The molecule has 1 atom stereocenters. The first-order valence-electron chi connectivity index (χ1n) is 6.32. The van der Waals surface area contributed by atoms with Gasteiger partial charge in [0, 0.05) is 23.1 Å². The Kier molecular flexibility index (Phi) is 2.29. The SMILES string of the molecule is Oc1ccc2cc3c(cc2n1)OC(c1ccccc1)O3. The van der Waals surface area contributed by atoms with Gasteiger partial charge in [0.2, 0.25) is 5.88 Å². The maximum absolute atomic E-state index is 9.43. The van der Waals surface area contributed by atoms with E-state index in [1.807, 2.05) is 36.4 Å². The van der Waals surface area contributed by atoms with Crippen molar-refractivity contribution in [2.45, 2.75) is 6.29 Å². The zero-order chi connectivity index (χ0) is 13.5. The van der Waals surface area contributed by atoms with Crippen molar-refractivity contribution >= 4 is 10.9 Å². The molecule has 1 unspecified atom stereocenters. The molecule has 0 saturated carbocycles. The van der Waals surface area contributed by atoms with E-state index in [0.717, 1.165) is 10.9 Å². The molecule has 98 valence electrons. The number of aromatic hydroxyl groups is 1. The highest BCUT2D eigenvalue weighted by Crippen LogP contribution is 2.42. The molecule has 2 aromatic carbocycles. The zero-order valence-electron chi connectivity index (χ0n) is 10.5. The number of fused-ring (bicyclic) bond motifs is 2. The Morgan fingerprint density at radius 1 is 0.900 bits per heavy atom. The van der Waals surface area contributed by atoms with Crippen LogP contribution in [0.5, 0.6) is 17.4 Å². The maximum Gasteiger partial charge on any atom is 0.267 e. The summed E-state index contributed by atoms with van der Waals surface area (Å²) in [5, 5.41) is 10.3. The summed E-state index contributed by atoms with van der Waals surface area (Å²) in [5.41, 5.74) is 1.64. The average Bonchev–Trinajstić information content (AvgIpc) is 2.88. The number of aromatic nitrogens is 1. The lowest BCUT2D eigenvalue weighted by molar-refractivity contribution is 0.0488. The van der Waals surface area contributed by atoms with Crippen LogP contribution in [-0.4, -0.2) is 10.1 Å². The molecule has 1 aliphatic rings. The van der Waals surface area contributed by atoms with E-state index >= 15 is 0 Å². The number of nitrogens with zero attached hydrogens (tertiary/aromatic N) is 1. The van der Waals surface area contributed by atoms with Crippen LogP contribution in [0.1, 0.15) is 11.9 Å². The van der Waals surface area contributed by atoms with Crippen molar-refractivity contribution in [3.05, 3.63) is 60.2 Å². The molecule has 0 aliphatic carbocycles.